The van der Waals surface area contributed by atoms with E-state index in [1.807, 2.05) is 42.1 Å². The smallest absolute Gasteiger partial charge is 0.225 e. The number of hydrogen-bond acceptors (Lipinski definition) is 3. The summed E-state index contributed by atoms with van der Waals surface area (Å²) in [6.45, 7) is 0. The molecular weight excluding hydrogens is 413 g/mol. The molecule has 5 nitrogen and oxygen atoms in total. The van der Waals surface area contributed by atoms with Crippen molar-refractivity contribution < 1.29 is 13.9 Å². The number of carbonyl (C=O) groups excluding carboxylic acids is 1. The lowest BCUT2D eigenvalue weighted by molar-refractivity contribution is -0.121. The van der Waals surface area contributed by atoms with E-state index in [1.165, 1.54) is 6.07 Å². The van der Waals surface area contributed by atoms with Crippen LogP contribution in [0, 0.1) is 5.82 Å². The van der Waals surface area contributed by atoms with E-state index in [9.17, 15) is 9.18 Å². The molecule has 1 atom stereocenters. The van der Waals surface area contributed by atoms with Crippen LogP contribution in [0.2, 0.25) is 0 Å². The minimum absolute atomic E-state index is 0.120. The largest absolute Gasteiger partial charge is 0.496 e. The predicted molar refractivity (Wildman–Crippen MR) is 104 cm³/mol. The number of carbonyl (C=O) groups is 1. The number of para-hydroxylation sites is 1. The first kappa shape index (κ1) is 19.1. The number of nitrogens with zero attached hydrogens (tertiary/aromatic N) is 2. The average molecular weight is 432 g/mol. The van der Waals surface area contributed by atoms with Crippen LogP contribution >= 0.6 is 15.9 Å². The van der Waals surface area contributed by atoms with Gasteiger partial charge in [0.2, 0.25) is 5.91 Å². The lowest BCUT2D eigenvalue weighted by atomic mass is 10.0. The highest BCUT2D eigenvalue weighted by atomic mass is 79.9. The normalized spacial score (nSPS) is 11.9. The fraction of sp³-hybridized carbons (Fsp3) is 0.200. The molecule has 0 fully saturated rings. The lowest BCUT2D eigenvalue weighted by Crippen LogP contribution is -2.32. The van der Waals surface area contributed by atoms with Crippen LogP contribution in [0.15, 0.2) is 59.3 Å². The second kappa shape index (κ2) is 8.35. The van der Waals surface area contributed by atoms with Crippen LogP contribution in [0.1, 0.15) is 23.0 Å². The highest BCUT2D eigenvalue weighted by Crippen LogP contribution is 2.29. The molecular formula is C20H19BrFN3O2. The van der Waals surface area contributed by atoms with Crippen LogP contribution in [0.3, 0.4) is 0 Å². The molecule has 1 aromatic heterocycles. The van der Waals surface area contributed by atoms with Gasteiger partial charge in [0.25, 0.3) is 0 Å². The summed E-state index contributed by atoms with van der Waals surface area (Å²) in [5.74, 6) is 0.787. The Morgan fingerprint density at radius 1 is 1.33 bits per heavy atom. The maximum Gasteiger partial charge on any atom is 0.225 e. The molecule has 1 unspecified atom stereocenters. The SMILES string of the molecule is COc1ccccc1C(NC(=O)Cc1ccc(F)c(Br)c1)c1nccn1C. The number of ether oxygens (including phenoxy) is 1. The fourth-order valence-electron chi connectivity index (χ4n) is 2.89. The van der Waals surface area contributed by atoms with Gasteiger partial charge in [-0.05, 0) is 39.7 Å². The zero-order valence-corrected chi connectivity index (χ0v) is 16.5. The Morgan fingerprint density at radius 2 is 2.11 bits per heavy atom. The van der Waals surface area contributed by atoms with Crippen molar-refractivity contribution in [3.8, 4) is 5.75 Å². The van der Waals surface area contributed by atoms with E-state index >= 15 is 0 Å². The highest BCUT2D eigenvalue weighted by molar-refractivity contribution is 9.10. The third-order valence-corrected chi connectivity index (χ3v) is 4.83. The van der Waals surface area contributed by atoms with Crippen molar-refractivity contribution in [2.45, 2.75) is 12.5 Å². The van der Waals surface area contributed by atoms with Gasteiger partial charge in [0, 0.05) is 25.0 Å². The monoisotopic (exact) mass is 431 g/mol. The molecule has 0 radical (unpaired) electrons. The van der Waals surface area contributed by atoms with E-state index in [1.54, 1.807) is 25.4 Å². The van der Waals surface area contributed by atoms with E-state index in [2.05, 4.69) is 26.2 Å². The Balaban J connectivity index is 1.88. The molecule has 1 heterocycles. The number of methoxy groups -OCH3 is 1. The van der Waals surface area contributed by atoms with Crippen molar-refractivity contribution >= 4 is 21.8 Å². The maximum atomic E-state index is 13.4. The van der Waals surface area contributed by atoms with E-state index in [4.69, 9.17) is 4.74 Å². The first-order valence-corrected chi connectivity index (χ1v) is 9.12. The highest BCUT2D eigenvalue weighted by Gasteiger charge is 2.23. The Bertz CT molecular complexity index is 958. The van der Waals surface area contributed by atoms with Crippen LogP contribution in [-0.2, 0) is 18.3 Å². The summed E-state index contributed by atoms with van der Waals surface area (Å²) in [6, 6.07) is 11.6. The summed E-state index contributed by atoms with van der Waals surface area (Å²) in [7, 11) is 3.46. The molecule has 0 aliphatic heterocycles. The molecule has 3 rings (SSSR count). The van der Waals surface area contributed by atoms with Gasteiger partial charge < -0.3 is 14.6 Å². The lowest BCUT2D eigenvalue weighted by Gasteiger charge is -2.21. The average Bonchev–Trinajstić information content (AvgIpc) is 3.08. The second-order valence-electron chi connectivity index (χ2n) is 6.06. The summed E-state index contributed by atoms with van der Waals surface area (Å²) >= 11 is 3.15. The van der Waals surface area contributed by atoms with E-state index in [0.717, 1.165) is 5.56 Å². The van der Waals surface area contributed by atoms with Gasteiger partial charge in [0.05, 0.1) is 18.0 Å². The van der Waals surface area contributed by atoms with E-state index < -0.39 is 6.04 Å². The Hall–Kier alpha value is -2.67. The van der Waals surface area contributed by atoms with Crippen molar-refractivity contribution in [2.24, 2.45) is 7.05 Å². The zero-order chi connectivity index (χ0) is 19.4. The second-order valence-corrected chi connectivity index (χ2v) is 6.92. The van der Waals surface area contributed by atoms with Crippen molar-refractivity contribution in [2.75, 3.05) is 7.11 Å². The molecule has 0 aliphatic rings. The fourth-order valence-corrected chi connectivity index (χ4v) is 3.31. The first-order valence-electron chi connectivity index (χ1n) is 8.33. The number of benzene rings is 2. The topological polar surface area (TPSA) is 56.1 Å². The molecule has 0 aliphatic carbocycles. The summed E-state index contributed by atoms with van der Waals surface area (Å²) in [5.41, 5.74) is 1.52. The molecule has 7 heteroatoms. The van der Waals surface area contributed by atoms with Crippen LogP contribution in [-0.4, -0.2) is 22.6 Å². The Kier molecular flexibility index (Phi) is 5.91. The Morgan fingerprint density at radius 3 is 2.78 bits per heavy atom. The van der Waals surface area contributed by atoms with Gasteiger partial charge in [0.1, 0.15) is 23.4 Å². The number of halogens is 2. The van der Waals surface area contributed by atoms with Crippen molar-refractivity contribution in [1.29, 1.82) is 0 Å². The molecule has 0 bridgehead atoms. The Labute approximate surface area is 165 Å². The molecule has 140 valence electrons. The maximum absolute atomic E-state index is 13.4. The molecule has 1 amide bonds. The number of nitrogens with one attached hydrogen (secondary N) is 1. The predicted octanol–water partition coefficient (Wildman–Crippen LogP) is 3.78. The number of aromatic nitrogens is 2. The number of aryl methyl sites for hydroxylation is 1. The molecule has 0 spiro atoms. The van der Waals surface area contributed by atoms with E-state index in [-0.39, 0.29) is 18.1 Å². The summed E-state index contributed by atoms with van der Waals surface area (Å²) in [6.07, 6.45) is 3.62. The van der Waals surface area contributed by atoms with E-state index in [0.29, 0.717) is 21.6 Å². The van der Waals surface area contributed by atoms with Crippen molar-refractivity contribution in [3.63, 3.8) is 0 Å². The molecule has 1 N–H and O–H groups in total. The summed E-state index contributed by atoms with van der Waals surface area (Å²) < 4.78 is 21.1. The van der Waals surface area contributed by atoms with Crippen molar-refractivity contribution in [3.05, 3.63) is 82.1 Å². The third kappa shape index (κ3) is 4.36. The van der Waals surface area contributed by atoms with Crippen LogP contribution < -0.4 is 10.1 Å². The standard InChI is InChI=1S/C20H19BrFN3O2/c1-25-10-9-23-20(25)19(14-5-3-4-6-17(14)27-2)24-18(26)12-13-7-8-16(22)15(21)11-13/h3-11,19H,12H2,1-2H3,(H,24,26). The number of hydrogen-bond donors (Lipinski definition) is 1. The summed E-state index contributed by atoms with van der Waals surface area (Å²) in [4.78, 5) is 17.1. The molecule has 0 saturated heterocycles. The van der Waals surface area contributed by atoms with Crippen LogP contribution in [0.5, 0.6) is 5.75 Å². The quantitative estimate of drug-likeness (QED) is 0.645. The molecule has 27 heavy (non-hydrogen) atoms. The number of amides is 1. The number of rotatable bonds is 6. The van der Waals surface area contributed by atoms with Gasteiger partial charge in [-0.3, -0.25) is 4.79 Å². The van der Waals surface area contributed by atoms with Gasteiger partial charge in [-0.1, -0.05) is 24.3 Å². The van der Waals surface area contributed by atoms with Gasteiger partial charge in [-0.2, -0.15) is 0 Å². The minimum atomic E-state index is -0.475. The third-order valence-electron chi connectivity index (χ3n) is 4.22. The molecule has 3 aromatic rings. The number of imidazole rings is 1. The van der Waals surface area contributed by atoms with Crippen molar-refractivity contribution in [1.82, 2.24) is 14.9 Å². The van der Waals surface area contributed by atoms with Crippen LogP contribution in [0.25, 0.3) is 0 Å². The van der Waals surface area contributed by atoms with Gasteiger partial charge >= 0.3 is 0 Å². The molecule has 2 aromatic carbocycles. The first-order chi connectivity index (χ1) is 13.0. The minimum Gasteiger partial charge on any atom is -0.496 e. The van der Waals surface area contributed by atoms with Crippen LogP contribution in [0.4, 0.5) is 4.39 Å². The van der Waals surface area contributed by atoms with Gasteiger partial charge in [-0.25, -0.2) is 9.37 Å². The zero-order valence-electron chi connectivity index (χ0n) is 14.9. The van der Waals surface area contributed by atoms with Gasteiger partial charge in [-0.15, -0.1) is 0 Å². The molecule has 0 saturated carbocycles. The summed E-state index contributed by atoms with van der Waals surface area (Å²) in [5, 5.41) is 3.02. The van der Waals surface area contributed by atoms with Gasteiger partial charge in [0.15, 0.2) is 0 Å².